The van der Waals surface area contributed by atoms with Crippen LogP contribution in [0.25, 0.3) is 0 Å². The molecule has 0 saturated heterocycles. The molecule has 0 aromatic heterocycles. The van der Waals surface area contributed by atoms with Crippen LogP contribution in [0.1, 0.15) is 38.7 Å². The Morgan fingerprint density at radius 2 is 2.15 bits per heavy atom. The van der Waals surface area contributed by atoms with Gasteiger partial charge in [-0.05, 0) is 25.5 Å². The van der Waals surface area contributed by atoms with E-state index >= 15 is 0 Å². The van der Waals surface area contributed by atoms with Gasteiger partial charge < -0.3 is 9.47 Å². The largest absolute Gasteiger partial charge is 0.497 e. The summed E-state index contributed by atoms with van der Waals surface area (Å²) < 4.78 is 10.0. The molecule has 1 aromatic rings. The van der Waals surface area contributed by atoms with E-state index in [1.807, 2.05) is 12.1 Å². The van der Waals surface area contributed by atoms with E-state index < -0.39 is 6.09 Å². The second-order valence-electron chi connectivity index (χ2n) is 4.16. The molecule has 0 fully saturated rings. The molecule has 0 heterocycles. The van der Waals surface area contributed by atoms with Gasteiger partial charge in [0.1, 0.15) is 5.75 Å². The van der Waals surface area contributed by atoms with Gasteiger partial charge in [0.15, 0.2) is 0 Å². The van der Waals surface area contributed by atoms with Crippen LogP contribution in [0.2, 0.25) is 0 Å². The average molecular weight is 275 g/mol. The van der Waals surface area contributed by atoms with E-state index in [0.717, 1.165) is 24.8 Å². The van der Waals surface area contributed by atoms with Crippen LogP contribution < -0.4 is 10.1 Å². The number of carbonyl (C=O) groups is 1. The molecule has 20 heavy (non-hydrogen) atoms. The Kier molecular flexibility index (Phi) is 7.05. The molecule has 0 unspecified atom stereocenters. The zero-order chi connectivity index (χ0) is 14.8. The molecule has 1 rings (SSSR count). The molecular formula is C16H21NO3. The van der Waals surface area contributed by atoms with Crippen molar-refractivity contribution in [2.24, 2.45) is 0 Å². The molecule has 0 bridgehead atoms. The summed E-state index contributed by atoms with van der Waals surface area (Å²) in [4.78, 5) is 11.5. The summed E-state index contributed by atoms with van der Waals surface area (Å²) in [6.07, 6.45) is 2.55. The Labute approximate surface area is 120 Å². The smallest absolute Gasteiger partial charge is 0.411 e. The van der Waals surface area contributed by atoms with Crippen LogP contribution >= 0.6 is 0 Å². The number of rotatable bonds is 5. The van der Waals surface area contributed by atoms with Gasteiger partial charge in [-0.3, -0.25) is 5.32 Å². The van der Waals surface area contributed by atoms with Crippen LogP contribution in [0.15, 0.2) is 18.2 Å². The Balaban J connectivity index is 2.90. The maximum atomic E-state index is 11.5. The van der Waals surface area contributed by atoms with Crippen molar-refractivity contribution in [1.29, 1.82) is 0 Å². The van der Waals surface area contributed by atoms with E-state index in [4.69, 9.17) is 9.47 Å². The minimum absolute atomic E-state index is 0.327. The molecule has 1 N–H and O–H groups in total. The van der Waals surface area contributed by atoms with Crippen LogP contribution in [0.4, 0.5) is 10.5 Å². The highest BCUT2D eigenvalue weighted by Crippen LogP contribution is 2.22. The lowest BCUT2D eigenvalue weighted by molar-refractivity contribution is 0.168. The minimum Gasteiger partial charge on any atom is -0.497 e. The fourth-order valence-electron chi connectivity index (χ4n) is 1.56. The third-order valence-corrected chi connectivity index (χ3v) is 2.62. The summed E-state index contributed by atoms with van der Waals surface area (Å²) in [6.45, 7) is 4.22. The summed E-state index contributed by atoms with van der Waals surface area (Å²) in [7, 11) is 1.58. The first-order chi connectivity index (χ1) is 9.71. The predicted molar refractivity (Wildman–Crippen MR) is 80.0 cm³/mol. The molecule has 1 amide bonds. The highest BCUT2D eigenvalue weighted by atomic mass is 16.5. The number of hydrogen-bond acceptors (Lipinski definition) is 3. The predicted octanol–water partition coefficient (Wildman–Crippen LogP) is 3.81. The number of methoxy groups -OCH3 is 1. The Hall–Kier alpha value is -2.15. The Morgan fingerprint density at radius 1 is 1.35 bits per heavy atom. The van der Waals surface area contributed by atoms with Crippen LogP contribution in [0.3, 0.4) is 0 Å². The monoisotopic (exact) mass is 275 g/mol. The second-order valence-corrected chi connectivity index (χ2v) is 4.16. The van der Waals surface area contributed by atoms with Gasteiger partial charge >= 0.3 is 6.09 Å². The molecule has 0 radical (unpaired) electrons. The highest BCUT2D eigenvalue weighted by Gasteiger charge is 2.07. The van der Waals surface area contributed by atoms with E-state index in [9.17, 15) is 4.79 Å². The Morgan fingerprint density at radius 3 is 2.80 bits per heavy atom. The van der Waals surface area contributed by atoms with Crippen molar-refractivity contribution in [3.8, 4) is 17.6 Å². The topological polar surface area (TPSA) is 47.6 Å². The first-order valence-electron chi connectivity index (χ1n) is 6.82. The summed E-state index contributed by atoms with van der Waals surface area (Å²) >= 11 is 0. The molecule has 0 aliphatic carbocycles. The van der Waals surface area contributed by atoms with Crippen molar-refractivity contribution >= 4 is 11.8 Å². The van der Waals surface area contributed by atoms with E-state index in [1.54, 1.807) is 20.1 Å². The lowest BCUT2D eigenvalue weighted by Crippen LogP contribution is -2.14. The molecule has 0 spiro atoms. The van der Waals surface area contributed by atoms with Gasteiger partial charge in [0, 0.05) is 18.1 Å². The lowest BCUT2D eigenvalue weighted by atomic mass is 10.1. The molecular weight excluding hydrogens is 254 g/mol. The zero-order valence-corrected chi connectivity index (χ0v) is 12.3. The fraction of sp³-hybridized carbons (Fsp3) is 0.438. The lowest BCUT2D eigenvalue weighted by Gasteiger charge is -2.09. The van der Waals surface area contributed by atoms with Crippen molar-refractivity contribution < 1.29 is 14.3 Å². The fourth-order valence-corrected chi connectivity index (χ4v) is 1.56. The summed E-state index contributed by atoms with van der Waals surface area (Å²) in [6, 6.07) is 5.39. The third kappa shape index (κ3) is 5.23. The first-order valence-corrected chi connectivity index (χ1v) is 6.82. The Bertz CT molecular complexity index is 500. The number of amides is 1. The van der Waals surface area contributed by atoms with Crippen molar-refractivity contribution in [2.45, 2.75) is 33.1 Å². The summed E-state index contributed by atoms with van der Waals surface area (Å²) in [5, 5.41) is 2.68. The van der Waals surface area contributed by atoms with Gasteiger partial charge in [-0.2, -0.15) is 0 Å². The molecule has 0 saturated carbocycles. The van der Waals surface area contributed by atoms with Crippen molar-refractivity contribution in [3.63, 3.8) is 0 Å². The number of ether oxygens (including phenoxy) is 2. The van der Waals surface area contributed by atoms with E-state index in [2.05, 4.69) is 24.1 Å². The van der Waals surface area contributed by atoms with Crippen molar-refractivity contribution in [1.82, 2.24) is 0 Å². The quantitative estimate of drug-likeness (QED) is 0.656. The summed E-state index contributed by atoms with van der Waals surface area (Å²) in [5.74, 6) is 6.84. The average Bonchev–Trinajstić information content (AvgIpc) is 2.45. The van der Waals surface area contributed by atoms with Gasteiger partial charge in [-0.1, -0.05) is 25.2 Å². The van der Waals surface area contributed by atoms with Crippen LogP contribution in [-0.4, -0.2) is 19.8 Å². The van der Waals surface area contributed by atoms with Crippen LogP contribution in [0.5, 0.6) is 5.75 Å². The SMILES string of the molecule is CCCCC#Cc1ccc(OC)cc1NC(=O)OCC. The summed E-state index contributed by atoms with van der Waals surface area (Å²) in [5.41, 5.74) is 1.36. The molecule has 4 heteroatoms. The second kappa shape index (κ2) is 8.87. The van der Waals surface area contributed by atoms with Gasteiger partial charge in [0.05, 0.1) is 19.4 Å². The number of hydrogen-bond donors (Lipinski definition) is 1. The van der Waals surface area contributed by atoms with Crippen molar-refractivity contribution in [3.05, 3.63) is 23.8 Å². The zero-order valence-electron chi connectivity index (χ0n) is 12.3. The standard InChI is InChI=1S/C16H21NO3/c1-4-6-7-8-9-13-10-11-14(19-3)12-15(13)17-16(18)20-5-2/h10-12H,4-7H2,1-3H3,(H,17,18). The van der Waals surface area contributed by atoms with Gasteiger partial charge in [-0.15, -0.1) is 0 Å². The van der Waals surface area contributed by atoms with Crippen LogP contribution in [-0.2, 0) is 4.74 Å². The van der Waals surface area contributed by atoms with Gasteiger partial charge in [0.25, 0.3) is 0 Å². The molecule has 108 valence electrons. The molecule has 0 atom stereocenters. The third-order valence-electron chi connectivity index (χ3n) is 2.62. The molecule has 0 aliphatic rings. The molecule has 4 nitrogen and oxygen atoms in total. The number of carbonyl (C=O) groups excluding carboxylic acids is 1. The number of anilines is 1. The molecule has 0 aliphatic heterocycles. The normalized spacial score (nSPS) is 9.35. The number of unbranched alkanes of at least 4 members (excludes halogenated alkanes) is 2. The van der Waals surface area contributed by atoms with Crippen molar-refractivity contribution in [2.75, 3.05) is 19.0 Å². The van der Waals surface area contributed by atoms with Crippen LogP contribution in [0, 0.1) is 11.8 Å². The maximum absolute atomic E-state index is 11.5. The first kappa shape index (κ1) is 15.9. The van der Waals surface area contributed by atoms with E-state index in [0.29, 0.717) is 18.0 Å². The number of nitrogens with one attached hydrogen (secondary N) is 1. The van der Waals surface area contributed by atoms with Gasteiger partial charge in [-0.25, -0.2) is 4.79 Å². The number of benzene rings is 1. The molecule has 1 aromatic carbocycles. The highest BCUT2D eigenvalue weighted by molar-refractivity contribution is 5.87. The van der Waals surface area contributed by atoms with E-state index in [1.165, 1.54) is 0 Å². The van der Waals surface area contributed by atoms with E-state index in [-0.39, 0.29) is 0 Å². The maximum Gasteiger partial charge on any atom is 0.411 e. The minimum atomic E-state index is -0.489. The van der Waals surface area contributed by atoms with Gasteiger partial charge in [0.2, 0.25) is 0 Å².